The van der Waals surface area contributed by atoms with Gasteiger partial charge in [0.2, 0.25) is 0 Å². The molecular weight excluding hydrogens is 270 g/mol. The summed E-state index contributed by atoms with van der Waals surface area (Å²) in [6, 6.07) is 3.63. The molecule has 0 bridgehead atoms. The average molecular weight is 283 g/mol. The van der Waals surface area contributed by atoms with Crippen LogP contribution >= 0.6 is 23.5 Å². The number of thioether (sulfide) groups is 2. The number of hydrogen-bond acceptors (Lipinski definition) is 7. The van der Waals surface area contributed by atoms with E-state index in [9.17, 15) is 0 Å². The van der Waals surface area contributed by atoms with Crippen molar-refractivity contribution in [2.75, 3.05) is 17.3 Å². The molecule has 1 aliphatic rings. The Morgan fingerprint density at radius 2 is 2.33 bits per heavy atom. The van der Waals surface area contributed by atoms with Crippen molar-refractivity contribution in [3.8, 4) is 11.7 Å². The van der Waals surface area contributed by atoms with Gasteiger partial charge in [-0.3, -0.25) is 0 Å². The van der Waals surface area contributed by atoms with E-state index < -0.39 is 0 Å². The summed E-state index contributed by atoms with van der Waals surface area (Å²) in [4.78, 5) is 4.41. The maximum absolute atomic E-state index is 5.50. The van der Waals surface area contributed by atoms with Crippen LogP contribution in [0.1, 0.15) is 16.8 Å². The Labute approximate surface area is 113 Å². The lowest BCUT2D eigenvalue weighted by Gasteiger charge is -2.16. The van der Waals surface area contributed by atoms with Gasteiger partial charge in [-0.1, -0.05) is 5.16 Å². The highest BCUT2D eigenvalue weighted by Gasteiger charge is 2.23. The minimum absolute atomic E-state index is 0.324. The number of hydrogen-bond donors (Lipinski definition) is 1. The summed E-state index contributed by atoms with van der Waals surface area (Å²) < 4.78 is 10.7. The number of furan rings is 1. The summed E-state index contributed by atoms with van der Waals surface area (Å²) >= 11 is 3.81. The number of nitrogens with two attached hydrogens (primary N) is 1. The molecule has 5 nitrogen and oxygen atoms in total. The molecule has 0 radical (unpaired) electrons. The summed E-state index contributed by atoms with van der Waals surface area (Å²) in [6.07, 6.45) is 0. The van der Waals surface area contributed by atoms with E-state index in [1.54, 1.807) is 0 Å². The highest BCUT2D eigenvalue weighted by Crippen LogP contribution is 2.36. The van der Waals surface area contributed by atoms with E-state index in [4.69, 9.17) is 14.7 Å². The monoisotopic (exact) mass is 283 g/mol. The van der Waals surface area contributed by atoms with Crippen molar-refractivity contribution in [2.24, 2.45) is 5.73 Å². The summed E-state index contributed by atoms with van der Waals surface area (Å²) in [5, 5.41) is 4.36. The Morgan fingerprint density at radius 1 is 1.39 bits per heavy atom. The van der Waals surface area contributed by atoms with Crippen molar-refractivity contribution < 1.29 is 8.94 Å². The van der Waals surface area contributed by atoms with Crippen molar-refractivity contribution in [3.05, 3.63) is 23.7 Å². The van der Waals surface area contributed by atoms with Gasteiger partial charge < -0.3 is 14.7 Å². The van der Waals surface area contributed by atoms with Crippen LogP contribution < -0.4 is 5.73 Å². The minimum atomic E-state index is 0.324. The second kappa shape index (κ2) is 5.38. The fraction of sp³-hybridized carbons (Fsp3) is 0.455. The SMILES string of the molecule is NCc1ccc(-c2nc(C3CSCCS3)no2)o1. The van der Waals surface area contributed by atoms with Crippen LogP contribution in [0.5, 0.6) is 0 Å². The van der Waals surface area contributed by atoms with Crippen LogP contribution in [0, 0.1) is 0 Å². The Morgan fingerprint density at radius 3 is 3.06 bits per heavy atom. The molecule has 0 spiro atoms. The van der Waals surface area contributed by atoms with Crippen LogP contribution in [0.3, 0.4) is 0 Å². The fourth-order valence-corrected chi connectivity index (χ4v) is 4.29. The molecule has 2 aromatic heterocycles. The maximum atomic E-state index is 5.50. The topological polar surface area (TPSA) is 78.1 Å². The smallest absolute Gasteiger partial charge is 0.293 e. The summed E-state index contributed by atoms with van der Waals surface area (Å²) in [5.41, 5.74) is 5.50. The lowest BCUT2D eigenvalue weighted by Crippen LogP contribution is -2.07. The first-order valence-corrected chi connectivity index (χ1v) is 7.89. The van der Waals surface area contributed by atoms with Crippen LogP contribution in [-0.2, 0) is 6.54 Å². The number of aromatic nitrogens is 2. The Bertz CT molecular complexity index is 520. The Hall–Kier alpha value is -0.920. The molecule has 3 rings (SSSR count). The van der Waals surface area contributed by atoms with Gasteiger partial charge in [-0.2, -0.15) is 16.7 Å². The largest absolute Gasteiger partial charge is 0.455 e. The zero-order chi connectivity index (χ0) is 12.4. The van der Waals surface area contributed by atoms with Crippen LogP contribution in [0.15, 0.2) is 21.1 Å². The van der Waals surface area contributed by atoms with Gasteiger partial charge in [0.15, 0.2) is 11.6 Å². The van der Waals surface area contributed by atoms with E-state index in [0.717, 1.165) is 17.3 Å². The van der Waals surface area contributed by atoms with Crippen molar-refractivity contribution in [2.45, 2.75) is 11.8 Å². The lowest BCUT2D eigenvalue weighted by molar-refractivity contribution is 0.405. The molecule has 1 fully saturated rings. The van der Waals surface area contributed by atoms with Gasteiger partial charge in [0.25, 0.3) is 5.89 Å². The van der Waals surface area contributed by atoms with Crippen LogP contribution in [-0.4, -0.2) is 27.4 Å². The molecule has 18 heavy (non-hydrogen) atoms. The Kier molecular flexibility index (Phi) is 3.62. The first-order valence-electron chi connectivity index (χ1n) is 5.69. The molecule has 96 valence electrons. The normalized spacial score (nSPS) is 20.2. The predicted molar refractivity (Wildman–Crippen MR) is 72.4 cm³/mol. The van der Waals surface area contributed by atoms with Gasteiger partial charge in [-0.15, -0.1) is 11.8 Å². The zero-order valence-electron chi connectivity index (χ0n) is 9.67. The van der Waals surface area contributed by atoms with E-state index in [1.807, 2.05) is 35.7 Å². The van der Waals surface area contributed by atoms with Crippen molar-refractivity contribution >= 4 is 23.5 Å². The zero-order valence-corrected chi connectivity index (χ0v) is 11.3. The van der Waals surface area contributed by atoms with Gasteiger partial charge in [0.05, 0.1) is 11.8 Å². The first-order chi connectivity index (χ1) is 8.86. The third kappa shape index (κ3) is 2.43. The number of rotatable bonds is 3. The van der Waals surface area contributed by atoms with E-state index in [2.05, 4.69) is 10.1 Å². The van der Waals surface area contributed by atoms with E-state index in [-0.39, 0.29) is 0 Å². The molecule has 1 atom stereocenters. The molecule has 1 saturated heterocycles. The molecule has 0 aromatic carbocycles. The average Bonchev–Trinajstić information content (AvgIpc) is 3.08. The minimum Gasteiger partial charge on any atom is -0.455 e. The molecule has 0 saturated carbocycles. The van der Waals surface area contributed by atoms with Crippen LogP contribution in [0.4, 0.5) is 0 Å². The van der Waals surface area contributed by atoms with Gasteiger partial charge in [-0.05, 0) is 12.1 Å². The number of nitrogens with zero attached hydrogens (tertiary/aromatic N) is 2. The molecule has 0 amide bonds. The van der Waals surface area contributed by atoms with E-state index >= 15 is 0 Å². The third-order valence-electron chi connectivity index (χ3n) is 2.62. The van der Waals surface area contributed by atoms with Gasteiger partial charge in [0, 0.05) is 17.3 Å². The molecule has 1 unspecified atom stereocenters. The quantitative estimate of drug-likeness (QED) is 0.926. The maximum Gasteiger partial charge on any atom is 0.293 e. The highest BCUT2D eigenvalue weighted by atomic mass is 32.2. The second-order valence-corrected chi connectivity index (χ2v) is 6.32. The predicted octanol–water partition coefficient (Wildman–Crippen LogP) is 2.31. The van der Waals surface area contributed by atoms with Crippen LogP contribution in [0.2, 0.25) is 0 Å². The van der Waals surface area contributed by atoms with Gasteiger partial charge in [-0.25, -0.2) is 0 Å². The highest BCUT2D eigenvalue weighted by molar-refractivity contribution is 8.06. The lowest BCUT2D eigenvalue weighted by atomic mass is 10.4. The molecule has 1 aliphatic heterocycles. The molecule has 2 aromatic rings. The van der Waals surface area contributed by atoms with Gasteiger partial charge >= 0.3 is 0 Å². The van der Waals surface area contributed by atoms with E-state index in [1.165, 1.54) is 5.75 Å². The van der Waals surface area contributed by atoms with Crippen molar-refractivity contribution in [3.63, 3.8) is 0 Å². The molecule has 3 heterocycles. The standard InChI is InChI=1S/C11H13N3O2S2/c12-5-7-1-2-8(15-7)11-13-10(14-16-11)9-6-17-3-4-18-9/h1-2,9H,3-6,12H2. The molecule has 0 aliphatic carbocycles. The molecule has 7 heteroatoms. The third-order valence-corrected chi connectivity index (χ3v) is 5.37. The van der Waals surface area contributed by atoms with Crippen molar-refractivity contribution in [1.82, 2.24) is 10.1 Å². The van der Waals surface area contributed by atoms with E-state index in [0.29, 0.717) is 29.2 Å². The van der Waals surface area contributed by atoms with Crippen LogP contribution in [0.25, 0.3) is 11.7 Å². The molecule has 2 N–H and O–H groups in total. The second-order valence-electron chi connectivity index (χ2n) is 3.86. The summed E-state index contributed by atoms with van der Waals surface area (Å²) in [7, 11) is 0. The fourth-order valence-electron chi connectivity index (χ4n) is 1.71. The Balaban J connectivity index is 1.79. The first kappa shape index (κ1) is 12.1. The van der Waals surface area contributed by atoms with Gasteiger partial charge in [0.1, 0.15) is 5.76 Å². The molecular formula is C11H13N3O2S2. The summed E-state index contributed by atoms with van der Waals surface area (Å²) in [6.45, 7) is 0.371. The summed E-state index contributed by atoms with van der Waals surface area (Å²) in [5.74, 6) is 5.86. The van der Waals surface area contributed by atoms with Crippen molar-refractivity contribution in [1.29, 1.82) is 0 Å².